The molecule has 0 bridgehead atoms. The largest absolute Gasteiger partial charge is 0.325 e. The van der Waals surface area contributed by atoms with Crippen LogP contribution in [0.4, 0.5) is 4.79 Å². The molecule has 1 fully saturated rings. The van der Waals surface area contributed by atoms with E-state index in [9.17, 15) is 9.59 Å². The molecule has 7 heteroatoms. The Bertz CT molecular complexity index is 902. The highest BCUT2D eigenvalue weighted by atomic mass is 35.5. The van der Waals surface area contributed by atoms with E-state index in [4.69, 9.17) is 11.6 Å². The second-order valence-electron chi connectivity index (χ2n) is 7.58. The maximum Gasteiger partial charge on any atom is 0.325 e. The highest BCUT2D eigenvalue weighted by Gasteiger charge is 2.47. The van der Waals surface area contributed by atoms with E-state index in [0.29, 0.717) is 23.1 Å². The first-order valence-electron chi connectivity index (χ1n) is 9.01. The number of fused-ring (bicyclic) bond motifs is 1. The van der Waals surface area contributed by atoms with Gasteiger partial charge >= 0.3 is 6.03 Å². The zero-order chi connectivity index (χ0) is 19.8. The van der Waals surface area contributed by atoms with Crippen LogP contribution in [0, 0.1) is 5.92 Å². The number of hydrogen-bond donors (Lipinski definition) is 1. The molecule has 27 heavy (non-hydrogen) atoms. The van der Waals surface area contributed by atoms with Crippen LogP contribution in [-0.4, -0.2) is 33.6 Å². The van der Waals surface area contributed by atoms with Crippen molar-refractivity contribution in [3.63, 3.8) is 0 Å². The van der Waals surface area contributed by atoms with Gasteiger partial charge in [-0.1, -0.05) is 31.5 Å². The summed E-state index contributed by atoms with van der Waals surface area (Å²) in [5.74, 6) is 0.257. The molecule has 1 aliphatic rings. The van der Waals surface area contributed by atoms with Crippen LogP contribution in [0.1, 0.15) is 39.2 Å². The first kappa shape index (κ1) is 20.0. The molecule has 1 aromatic carbocycles. The molecule has 1 saturated heterocycles. The highest BCUT2D eigenvalue weighted by Crippen LogP contribution is 2.29. The maximum atomic E-state index is 12.9. The molecule has 5 nitrogen and oxygen atoms in total. The number of benzene rings is 1. The van der Waals surface area contributed by atoms with Gasteiger partial charge in [0.15, 0.2) is 0 Å². The van der Waals surface area contributed by atoms with E-state index in [1.165, 1.54) is 4.90 Å². The third-order valence-corrected chi connectivity index (χ3v) is 6.00. The molecule has 1 aliphatic heterocycles. The molecule has 0 unspecified atom stereocenters. The Hall–Kier alpha value is -1.79. The normalized spacial score (nSPS) is 20.0. The summed E-state index contributed by atoms with van der Waals surface area (Å²) in [5, 5.41) is 4.10. The number of rotatable bonds is 6. The minimum Gasteiger partial charge on any atom is -0.323 e. The molecule has 1 aromatic heterocycles. The summed E-state index contributed by atoms with van der Waals surface area (Å²) < 4.78 is 0. The van der Waals surface area contributed by atoms with Crippen LogP contribution in [0.15, 0.2) is 29.2 Å². The molecule has 0 saturated carbocycles. The van der Waals surface area contributed by atoms with Crippen LogP contribution >= 0.6 is 23.4 Å². The topological polar surface area (TPSA) is 62.3 Å². The van der Waals surface area contributed by atoms with Crippen LogP contribution < -0.4 is 5.32 Å². The number of nitrogens with one attached hydrogen (secondary N) is 1. The number of carbonyl (C=O) groups is 2. The summed E-state index contributed by atoms with van der Waals surface area (Å²) in [7, 11) is 0. The molecule has 0 aliphatic carbocycles. The van der Waals surface area contributed by atoms with Crippen molar-refractivity contribution in [2.45, 2.75) is 50.6 Å². The fraction of sp³-hybridized carbons (Fsp3) is 0.450. The molecule has 3 rings (SSSR count). The van der Waals surface area contributed by atoms with Gasteiger partial charge in [-0.15, -0.1) is 11.8 Å². The van der Waals surface area contributed by atoms with Crippen LogP contribution in [0.2, 0.25) is 5.15 Å². The number of halogens is 1. The van der Waals surface area contributed by atoms with Crippen molar-refractivity contribution < 1.29 is 9.59 Å². The number of urea groups is 1. The monoisotopic (exact) mass is 405 g/mol. The Kier molecular flexibility index (Phi) is 5.68. The second kappa shape index (κ2) is 7.68. The van der Waals surface area contributed by atoms with Crippen molar-refractivity contribution >= 4 is 46.2 Å². The molecule has 1 atom stereocenters. The van der Waals surface area contributed by atoms with Crippen molar-refractivity contribution in [1.82, 2.24) is 15.2 Å². The van der Waals surface area contributed by atoms with Gasteiger partial charge in [-0.05, 0) is 50.1 Å². The van der Waals surface area contributed by atoms with Crippen LogP contribution in [-0.2, 0) is 11.3 Å². The molecule has 0 radical (unpaired) electrons. The molecule has 2 heterocycles. The lowest BCUT2D eigenvalue weighted by Gasteiger charge is -2.22. The smallest absolute Gasteiger partial charge is 0.323 e. The Morgan fingerprint density at radius 3 is 2.70 bits per heavy atom. The zero-order valence-electron chi connectivity index (χ0n) is 16.0. The minimum absolute atomic E-state index is 0.119. The Balaban J connectivity index is 1.85. The molecule has 3 amide bonds. The van der Waals surface area contributed by atoms with E-state index in [0.717, 1.165) is 22.2 Å². The maximum absolute atomic E-state index is 12.9. The lowest BCUT2D eigenvalue weighted by molar-refractivity contribution is -0.131. The third-order valence-electron chi connectivity index (χ3n) is 4.95. The SMILES string of the molecule is CSc1ccc2cc(CN3C(=O)N[C@@](C)(CCC(C)C)C3=O)c(Cl)nc2c1. The molecular formula is C20H24ClN3O2S. The zero-order valence-corrected chi connectivity index (χ0v) is 17.6. The van der Waals surface area contributed by atoms with E-state index in [-0.39, 0.29) is 18.5 Å². The summed E-state index contributed by atoms with van der Waals surface area (Å²) in [6.07, 6.45) is 3.49. The number of carbonyl (C=O) groups excluding carboxylic acids is 2. The first-order chi connectivity index (χ1) is 12.7. The van der Waals surface area contributed by atoms with Gasteiger partial charge in [0.2, 0.25) is 0 Å². The van der Waals surface area contributed by atoms with E-state index < -0.39 is 5.54 Å². The van der Waals surface area contributed by atoms with Crippen LogP contribution in [0.5, 0.6) is 0 Å². The molecule has 0 spiro atoms. The molecule has 2 aromatic rings. The number of imide groups is 1. The van der Waals surface area contributed by atoms with Gasteiger partial charge in [0.25, 0.3) is 5.91 Å². The quantitative estimate of drug-likeness (QED) is 0.423. The number of hydrogen-bond acceptors (Lipinski definition) is 4. The van der Waals surface area contributed by atoms with Gasteiger partial charge < -0.3 is 5.32 Å². The Morgan fingerprint density at radius 1 is 1.30 bits per heavy atom. The number of aromatic nitrogens is 1. The summed E-state index contributed by atoms with van der Waals surface area (Å²) in [5.41, 5.74) is 0.609. The number of pyridine rings is 1. The molecular weight excluding hydrogens is 382 g/mol. The number of nitrogens with zero attached hydrogens (tertiary/aromatic N) is 2. The lowest BCUT2D eigenvalue weighted by atomic mass is 9.92. The summed E-state index contributed by atoms with van der Waals surface area (Å²) in [6, 6.07) is 7.50. The Morgan fingerprint density at radius 2 is 2.04 bits per heavy atom. The van der Waals surface area contributed by atoms with Crippen LogP contribution in [0.3, 0.4) is 0 Å². The highest BCUT2D eigenvalue weighted by molar-refractivity contribution is 7.98. The van der Waals surface area contributed by atoms with Crippen molar-refractivity contribution in [3.8, 4) is 0 Å². The fourth-order valence-corrected chi connectivity index (χ4v) is 3.85. The number of thioether (sulfide) groups is 1. The van der Waals surface area contributed by atoms with E-state index in [2.05, 4.69) is 24.1 Å². The average molecular weight is 406 g/mol. The van der Waals surface area contributed by atoms with E-state index in [1.54, 1.807) is 18.7 Å². The lowest BCUT2D eigenvalue weighted by Crippen LogP contribution is -2.44. The van der Waals surface area contributed by atoms with Gasteiger partial charge in [0.05, 0.1) is 12.1 Å². The van der Waals surface area contributed by atoms with Crippen molar-refractivity contribution in [2.75, 3.05) is 6.26 Å². The van der Waals surface area contributed by atoms with Gasteiger partial charge in [0, 0.05) is 15.8 Å². The second-order valence-corrected chi connectivity index (χ2v) is 8.82. The van der Waals surface area contributed by atoms with Crippen molar-refractivity contribution in [1.29, 1.82) is 0 Å². The summed E-state index contributed by atoms with van der Waals surface area (Å²) in [6.45, 7) is 6.12. The minimum atomic E-state index is -0.856. The predicted octanol–water partition coefficient (Wildman–Crippen LogP) is 4.86. The third kappa shape index (κ3) is 4.06. The fourth-order valence-electron chi connectivity index (χ4n) is 3.21. The van der Waals surface area contributed by atoms with E-state index >= 15 is 0 Å². The predicted molar refractivity (Wildman–Crippen MR) is 110 cm³/mol. The summed E-state index contributed by atoms with van der Waals surface area (Å²) >= 11 is 8.00. The molecule has 1 N–H and O–H groups in total. The van der Waals surface area contributed by atoms with Crippen LogP contribution in [0.25, 0.3) is 10.9 Å². The van der Waals surface area contributed by atoms with Gasteiger partial charge in [-0.3, -0.25) is 9.69 Å². The molecule has 144 valence electrons. The van der Waals surface area contributed by atoms with Crippen molar-refractivity contribution in [3.05, 3.63) is 35.0 Å². The Labute approximate surface area is 168 Å². The van der Waals surface area contributed by atoms with Crippen molar-refractivity contribution in [2.24, 2.45) is 5.92 Å². The standard InChI is InChI=1S/C20H24ClN3O2S/c1-12(2)7-8-20(3)18(25)24(19(26)23-20)11-14-9-13-5-6-15(27-4)10-16(13)22-17(14)21/h5-6,9-10,12H,7-8,11H2,1-4H3,(H,23,26)/t20-/m0/s1. The van der Waals surface area contributed by atoms with Gasteiger partial charge in [-0.2, -0.15) is 0 Å². The average Bonchev–Trinajstić information content (AvgIpc) is 2.83. The first-order valence-corrected chi connectivity index (χ1v) is 10.6. The van der Waals surface area contributed by atoms with Gasteiger partial charge in [-0.25, -0.2) is 9.78 Å². The summed E-state index contributed by atoms with van der Waals surface area (Å²) in [4.78, 5) is 32.1. The van der Waals surface area contributed by atoms with E-state index in [1.807, 2.05) is 30.5 Å². The number of amides is 3. The van der Waals surface area contributed by atoms with Gasteiger partial charge in [0.1, 0.15) is 10.7 Å².